The lowest BCUT2D eigenvalue weighted by molar-refractivity contribution is 0.550. The second-order valence-electron chi connectivity index (χ2n) is 5.75. The van der Waals surface area contributed by atoms with E-state index in [2.05, 4.69) is 97.9 Å². The van der Waals surface area contributed by atoms with Crippen molar-refractivity contribution in [1.29, 1.82) is 0 Å². The molecular formula is C22H23I. The number of benzene rings is 3. The van der Waals surface area contributed by atoms with E-state index in [9.17, 15) is 0 Å². The van der Waals surface area contributed by atoms with Crippen molar-refractivity contribution in [3.63, 3.8) is 0 Å². The van der Waals surface area contributed by atoms with Crippen LogP contribution >= 0.6 is 24.0 Å². The smallest absolute Gasteiger partial charge is 0.0451 e. The average Bonchev–Trinajstić information content (AvgIpc) is 2.62. The molecule has 0 saturated carbocycles. The van der Waals surface area contributed by atoms with Crippen LogP contribution in [0.3, 0.4) is 0 Å². The number of halogens is 1. The van der Waals surface area contributed by atoms with Crippen LogP contribution in [0.1, 0.15) is 36.5 Å². The molecule has 3 rings (SSSR count). The van der Waals surface area contributed by atoms with Gasteiger partial charge < -0.3 is 0 Å². The number of hydrogen-bond acceptors (Lipinski definition) is 0. The van der Waals surface area contributed by atoms with Crippen LogP contribution < -0.4 is 0 Å². The van der Waals surface area contributed by atoms with E-state index in [-0.39, 0.29) is 29.4 Å². The molecule has 3 aromatic carbocycles. The summed E-state index contributed by atoms with van der Waals surface area (Å²) in [6.07, 6.45) is 2.24. The Kier molecular flexibility index (Phi) is 6.40. The fourth-order valence-electron chi connectivity index (χ4n) is 3.48. The number of hydrogen-bond donors (Lipinski definition) is 0. The van der Waals surface area contributed by atoms with Gasteiger partial charge in [0.05, 0.1) is 0 Å². The van der Waals surface area contributed by atoms with Crippen molar-refractivity contribution in [1.82, 2.24) is 0 Å². The van der Waals surface area contributed by atoms with Crippen molar-refractivity contribution >= 4 is 24.0 Å². The van der Waals surface area contributed by atoms with Crippen LogP contribution in [0.5, 0.6) is 0 Å². The Balaban J connectivity index is 0.00000192. The monoisotopic (exact) mass is 414 g/mol. The molecule has 118 valence electrons. The minimum atomic E-state index is -0.0709. The Labute approximate surface area is 156 Å². The van der Waals surface area contributed by atoms with Gasteiger partial charge in [0.2, 0.25) is 0 Å². The molecule has 0 spiro atoms. The van der Waals surface area contributed by atoms with Gasteiger partial charge in [-0.1, -0.05) is 104 Å². The SMILES string of the molecule is CCCC(c1ccccc1)(c1ccccc1)c1ccccc1.I. The normalized spacial score (nSPS) is 10.8. The summed E-state index contributed by atoms with van der Waals surface area (Å²) >= 11 is 0. The molecule has 0 aliphatic rings. The van der Waals surface area contributed by atoms with Crippen molar-refractivity contribution in [2.24, 2.45) is 0 Å². The summed E-state index contributed by atoms with van der Waals surface area (Å²) in [7, 11) is 0. The van der Waals surface area contributed by atoms with Crippen LogP contribution in [0.2, 0.25) is 0 Å². The first-order valence-corrected chi connectivity index (χ1v) is 8.04. The van der Waals surface area contributed by atoms with Gasteiger partial charge in [0.15, 0.2) is 0 Å². The Bertz CT molecular complexity index is 593. The Hall–Kier alpha value is -1.61. The van der Waals surface area contributed by atoms with Gasteiger partial charge >= 0.3 is 0 Å². The third-order valence-corrected chi connectivity index (χ3v) is 4.42. The van der Waals surface area contributed by atoms with Crippen LogP contribution in [0.25, 0.3) is 0 Å². The lowest BCUT2D eigenvalue weighted by Crippen LogP contribution is -2.29. The van der Waals surface area contributed by atoms with Crippen molar-refractivity contribution in [2.45, 2.75) is 25.2 Å². The highest BCUT2D eigenvalue weighted by atomic mass is 127. The largest absolute Gasteiger partial charge is 0.107 e. The van der Waals surface area contributed by atoms with Gasteiger partial charge in [-0.25, -0.2) is 0 Å². The lowest BCUT2D eigenvalue weighted by atomic mass is 9.67. The van der Waals surface area contributed by atoms with E-state index in [4.69, 9.17) is 0 Å². The topological polar surface area (TPSA) is 0 Å². The molecule has 0 aliphatic carbocycles. The molecule has 0 bridgehead atoms. The van der Waals surface area contributed by atoms with E-state index in [1.165, 1.54) is 16.7 Å². The van der Waals surface area contributed by atoms with Gasteiger partial charge in [-0.2, -0.15) is 0 Å². The molecule has 0 heterocycles. The minimum Gasteiger partial charge on any atom is -0.107 e. The van der Waals surface area contributed by atoms with Crippen LogP contribution in [-0.4, -0.2) is 0 Å². The molecule has 0 amide bonds. The molecule has 0 unspecified atom stereocenters. The Morgan fingerprint density at radius 3 is 1.13 bits per heavy atom. The summed E-state index contributed by atoms with van der Waals surface area (Å²) in [5.41, 5.74) is 4.04. The molecule has 0 saturated heterocycles. The zero-order valence-electron chi connectivity index (χ0n) is 13.5. The van der Waals surface area contributed by atoms with Gasteiger partial charge in [-0.05, 0) is 23.1 Å². The Morgan fingerprint density at radius 1 is 0.565 bits per heavy atom. The maximum atomic E-state index is 2.27. The Morgan fingerprint density at radius 2 is 0.870 bits per heavy atom. The summed E-state index contributed by atoms with van der Waals surface area (Å²) in [5.74, 6) is 0. The van der Waals surface area contributed by atoms with Gasteiger partial charge in [0.25, 0.3) is 0 Å². The van der Waals surface area contributed by atoms with Crippen molar-refractivity contribution in [2.75, 3.05) is 0 Å². The fourth-order valence-corrected chi connectivity index (χ4v) is 3.48. The maximum Gasteiger partial charge on any atom is 0.0451 e. The molecule has 0 N–H and O–H groups in total. The molecule has 23 heavy (non-hydrogen) atoms. The first-order valence-electron chi connectivity index (χ1n) is 8.04. The third kappa shape index (κ3) is 3.50. The summed E-state index contributed by atoms with van der Waals surface area (Å²) < 4.78 is 0. The molecule has 1 heteroatoms. The third-order valence-electron chi connectivity index (χ3n) is 4.42. The average molecular weight is 414 g/mol. The molecular weight excluding hydrogens is 391 g/mol. The second kappa shape index (κ2) is 8.30. The number of rotatable bonds is 5. The van der Waals surface area contributed by atoms with Crippen molar-refractivity contribution in [3.05, 3.63) is 108 Å². The van der Waals surface area contributed by atoms with Gasteiger partial charge in [-0.3, -0.25) is 0 Å². The molecule has 0 atom stereocenters. The molecule has 0 radical (unpaired) electrons. The van der Waals surface area contributed by atoms with E-state index in [1.807, 2.05) is 0 Å². The van der Waals surface area contributed by atoms with Gasteiger partial charge in [-0.15, -0.1) is 24.0 Å². The maximum absolute atomic E-state index is 2.27. The zero-order valence-corrected chi connectivity index (χ0v) is 15.8. The van der Waals surface area contributed by atoms with Gasteiger partial charge in [0.1, 0.15) is 0 Å². The first-order chi connectivity index (χ1) is 10.9. The summed E-state index contributed by atoms with van der Waals surface area (Å²) in [5, 5.41) is 0. The molecule has 0 nitrogen and oxygen atoms in total. The summed E-state index contributed by atoms with van der Waals surface area (Å²) in [6.45, 7) is 2.27. The molecule has 0 fully saturated rings. The lowest BCUT2D eigenvalue weighted by Gasteiger charge is -2.36. The predicted octanol–water partition coefficient (Wildman–Crippen LogP) is 6.44. The van der Waals surface area contributed by atoms with Crippen LogP contribution in [0.15, 0.2) is 91.0 Å². The first kappa shape index (κ1) is 17.7. The summed E-state index contributed by atoms with van der Waals surface area (Å²) in [4.78, 5) is 0. The van der Waals surface area contributed by atoms with E-state index in [0.717, 1.165) is 12.8 Å². The van der Waals surface area contributed by atoms with E-state index in [0.29, 0.717) is 0 Å². The fraction of sp³-hybridized carbons (Fsp3) is 0.182. The van der Waals surface area contributed by atoms with E-state index in [1.54, 1.807) is 0 Å². The highest BCUT2D eigenvalue weighted by Gasteiger charge is 2.34. The summed E-state index contributed by atoms with van der Waals surface area (Å²) in [6, 6.07) is 32.7. The van der Waals surface area contributed by atoms with E-state index >= 15 is 0 Å². The highest BCUT2D eigenvalue weighted by Crippen LogP contribution is 2.42. The van der Waals surface area contributed by atoms with Crippen LogP contribution in [0, 0.1) is 0 Å². The van der Waals surface area contributed by atoms with Gasteiger partial charge in [0, 0.05) is 5.41 Å². The molecule has 0 aromatic heterocycles. The molecule has 0 aliphatic heterocycles. The standard InChI is InChI=1S/C22H22.HI/c1-2-18-22(19-12-6-3-7-13-19,20-14-8-4-9-15-20)21-16-10-5-11-17-21;/h3-17H,2,18H2,1H3;1H. The quantitative estimate of drug-likeness (QED) is 0.333. The highest BCUT2D eigenvalue weighted by molar-refractivity contribution is 14.0. The predicted molar refractivity (Wildman–Crippen MR) is 110 cm³/mol. The van der Waals surface area contributed by atoms with Crippen molar-refractivity contribution in [3.8, 4) is 0 Å². The molecule has 3 aromatic rings. The zero-order chi connectivity index (χ0) is 15.3. The van der Waals surface area contributed by atoms with Crippen molar-refractivity contribution < 1.29 is 0 Å². The second-order valence-corrected chi connectivity index (χ2v) is 5.75. The van der Waals surface area contributed by atoms with E-state index < -0.39 is 0 Å². The van der Waals surface area contributed by atoms with Crippen LogP contribution in [-0.2, 0) is 5.41 Å². The minimum absolute atomic E-state index is 0. The van der Waals surface area contributed by atoms with Crippen LogP contribution in [0.4, 0.5) is 0 Å².